The molecular weight excluding hydrogens is 422 g/mol. The SMILES string of the molecule is O=C(Cc1cccnc1)N1CCCCN2[C@@H](CO)[C@@H](c3ccc(C#CC4CCCC4)cc3)[C@@H]2C1. The van der Waals surface area contributed by atoms with Crippen LogP contribution in [0.1, 0.15) is 61.1 Å². The van der Waals surface area contributed by atoms with Crippen LogP contribution >= 0.6 is 0 Å². The predicted molar refractivity (Wildman–Crippen MR) is 133 cm³/mol. The second-order valence-corrected chi connectivity index (χ2v) is 10.0. The highest BCUT2D eigenvalue weighted by Crippen LogP contribution is 2.42. The Balaban J connectivity index is 1.30. The van der Waals surface area contributed by atoms with Gasteiger partial charge in [0.25, 0.3) is 0 Å². The van der Waals surface area contributed by atoms with Crippen LogP contribution in [0.25, 0.3) is 0 Å². The molecule has 34 heavy (non-hydrogen) atoms. The number of pyridine rings is 1. The molecule has 1 amide bonds. The molecule has 178 valence electrons. The first kappa shape index (κ1) is 23.1. The van der Waals surface area contributed by atoms with Crippen LogP contribution in [0.15, 0.2) is 48.8 Å². The van der Waals surface area contributed by atoms with Crippen LogP contribution in [0, 0.1) is 17.8 Å². The Labute approximate surface area is 203 Å². The van der Waals surface area contributed by atoms with Crippen molar-refractivity contribution in [2.75, 3.05) is 26.2 Å². The molecular formula is C29H35N3O2. The monoisotopic (exact) mass is 457 g/mol. The van der Waals surface area contributed by atoms with E-state index in [4.69, 9.17) is 0 Å². The lowest BCUT2D eigenvalue weighted by Crippen LogP contribution is -2.68. The summed E-state index contributed by atoms with van der Waals surface area (Å²) < 4.78 is 0. The molecule has 5 heteroatoms. The fourth-order valence-electron chi connectivity index (χ4n) is 6.00. The molecule has 3 atom stereocenters. The van der Waals surface area contributed by atoms with Gasteiger partial charge in [0.2, 0.25) is 5.91 Å². The zero-order chi connectivity index (χ0) is 23.3. The van der Waals surface area contributed by atoms with Gasteiger partial charge in [0.15, 0.2) is 0 Å². The predicted octanol–water partition coefficient (Wildman–Crippen LogP) is 3.62. The van der Waals surface area contributed by atoms with Gasteiger partial charge in [0.1, 0.15) is 0 Å². The smallest absolute Gasteiger partial charge is 0.227 e. The number of aliphatic hydroxyl groups excluding tert-OH is 1. The van der Waals surface area contributed by atoms with Crippen molar-refractivity contribution in [3.8, 4) is 11.8 Å². The van der Waals surface area contributed by atoms with E-state index >= 15 is 0 Å². The Kier molecular flexibility index (Phi) is 7.27. The average molecular weight is 458 g/mol. The third kappa shape index (κ3) is 5.04. The van der Waals surface area contributed by atoms with Gasteiger partial charge in [-0.3, -0.25) is 14.7 Å². The highest BCUT2D eigenvalue weighted by molar-refractivity contribution is 5.78. The molecule has 0 unspecified atom stereocenters. The van der Waals surface area contributed by atoms with Gasteiger partial charge in [0.05, 0.1) is 13.0 Å². The molecule has 1 aromatic carbocycles. The van der Waals surface area contributed by atoms with Crippen molar-refractivity contribution in [1.29, 1.82) is 0 Å². The molecule has 1 aromatic heterocycles. The number of fused-ring (bicyclic) bond motifs is 1. The summed E-state index contributed by atoms with van der Waals surface area (Å²) in [5.74, 6) is 7.77. The second-order valence-electron chi connectivity index (χ2n) is 10.0. The molecule has 1 N–H and O–H groups in total. The maximum Gasteiger partial charge on any atom is 0.227 e. The second kappa shape index (κ2) is 10.7. The van der Waals surface area contributed by atoms with Gasteiger partial charge in [-0.15, -0.1) is 0 Å². The number of nitrogens with zero attached hydrogens (tertiary/aromatic N) is 3. The molecule has 2 aromatic rings. The molecule has 3 aliphatic rings. The number of hydrogen-bond donors (Lipinski definition) is 1. The Morgan fingerprint density at radius 3 is 2.59 bits per heavy atom. The third-order valence-electron chi connectivity index (χ3n) is 7.87. The van der Waals surface area contributed by atoms with E-state index in [2.05, 4.69) is 46.0 Å². The van der Waals surface area contributed by atoms with Crippen LogP contribution in [-0.2, 0) is 11.2 Å². The highest BCUT2D eigenvalue weighted by Gasteiger charge is 2.49. The molecule has 2 aliphatic heterocycles. The molecule has 0 bridgehead atoms. The van der Waals surface area contributed by atoms with E-state index < -0.39 is 0 Å². The molecule has 2 saturated heterocycles. The minimum absolute atomic E-state index is 0.119. The third-order valence-corrected chi connectivity index (χ3v) is 7.87. The van der Waals surface area contributed by atoms with Gasteiger partial charge in [-0.1, -0.05) is 42.9 Å². The number of aliphatic hydroxyl groups is 1. The van der Waals surface area contributed by atoms with E-state index in [1.165, 1.54) is 31.2 Å². The van der Waals surface area contributed by atoms with Crippen LogP contribution in [0.2, 0.25) is 0 Å². The molecule has 0 spiro atoms. The summed E-state index contributed by atoms with van der Waals surface area (Å²) >= 11 is 0. The minimum atomic E-state index is 0.119. The molecule has 3 fully saturated rings. The van der Waals surface area contributed by atoms with E-state index in [1.807, 2.05) is 17.0 Å². The van der Waals surface area contributed by atoms with E-state index in [9.17, 15) is 9.90 Å². The largest absolute Gasteiger partial charge is 0.395 e. The lowest BCUT2D eigenvalue weighted by atomic mass is 9.74. The van der Waals surface area contributed by atoms with Crippen molar-refractivity contribution < 1.29 is 9.90 Å². The van der Waals surface area contributed by atoms with Crippen molar-refractivity contribution >= 4 is 5.91 Å². The van der Waals surface area contributed by atoms with Gasteiger partial charge >= 0.3 is 0 Å². The van der Waals surface area contributed by atoms with Crippen molar-refractivity contribution in [2.24, 2.45) is 5.92 Å². The minimum Gasteiger partial charge on any atom is -0.395 e. The van der Waals surface area contributed by atoms with Crippen molar-refractivity contribution in [1.82, 2.24) is 14.8 Å². The van der Waals surface area contributed by atoms with Crippen LogP contribution in [0.5, 0.6) is 0 Å². The first-order valence-corrected chi connectivity index (χ1v) is 12.9. The summed E-state index contributed by atoms with van der Waals surface area (Å²) in [7, 11) is 0. The number of rotatable bonds is 4. The van der Waals surface area contributed by atoms with Gasteiger partial charge in [-0.2, -0.15) is 0 Å². The summed E-state index contributed by atoms with van der Waals surface area (Å²) in [6, 6.07) is 12.8. The van der Waals surface area contributed by atoms with Crippen LogP contribution in [0.4, 0.5) is 0 Å². The fraction of sp³-hybridized carbons (Fsp3) is 0.517. The van der Waals surface area contributed by atoms with Crippen molar-refractivity contribution in [2.45, 2.75) is 62.9 Å². The van der Waals surface area contributed by atoms with Crippen molar-refractivity contribution in [3.05, 3.63) is 65.5 Å². The highest BCUT2D eigenvalue weighted by atomic mass is 16.3. The van der Waals surface area contributed by atoms with Gasteiger partial charge < -0.3 is 10.0 Å². The number of amides is 1. The summed E-state index contributed by atoms with van der Waals surface area (Å²) in [6.07, 6.45) is 11.0. The summed E-state index contributed by atoms with van der Waals surface area (Å²) in [5.41, 5.74) is 3.27. The Morgan fingerprint density at radius 2 is 1.85 bits per heavy atom. The molecule has 0 radical (unpaired) electrons. The molecule has 1 saturated carbocycles. The Morgan fingerprint density at radius 1 is 1.06 bits per heavy atom. The molecule has 5 nitrogen and oxygen atoms in total. The van der Waals surface area contributed by atoms with Crippen LogP contribution in [0.3, 0.4) is 0 Å². The first-order valence-electron chi connectivity index (χ1n) is 12.9. The molecule has 1 aliphatic carbocycles. The summed E-state index contributed by atoms with van der Waals surface area (Å²) in [6.45, 7) is 2.65. The first-order chi connectivity index (χ1) is 16.7. The summed E-state index contributed by atoms with van der Waals surface area (Å²) in [5, 5.41) is 10.2. The van der Waals surface area contributed by atoms with E-state index in [0.29, 0.717) is 18.9 Å². The van der Waals surface area contributed by atoms with E-state index in [1.54, 1.807) is 12.4 Å². The lowest BCUT2D eigenvalue weighted by Gasteiger charge is -2.57. The standard InChI is InChI=1S/C29H35N3O2/c33-21-27-29(25-13-11-23(12-14-25)10-9-22-6-1-2-7-22)26-20-31(16-3-4-17-32(26)27)28(34)18-24-8-5-15-30-19-24/h5,8,11-15,19,22,26-27,29,33H,1-4,6-7,16-18,20-21H2/t26-,27-,29-/m0/s1. The quantitative estimate of drug-likeness (QED) is 0.713. The molecule has 5 rings (SSSR count). The zero-order valence-electron chi connectivity index (χ0n) is 19.9. The number of benzene rings is 1. The Hall–Kier alpha value is -2.68. The topological polar surface area (TPSA) is 56.7 Å². The number of aromatic nitrogens is 1. The van der Waals surface area contributed by atoms with Gasteiger partial charge in [-0.25, -0.2) is 0 Å². The lowest BCUT2D eigenvalue weighted by molar-refractivity contribution is -0.135. The van der Waals surface area contributed by atoms with E-state index in [0.717, 1.165) is 37.1 Å². The Bertz CT molecular complexity index is 1020. The maximum absolute atomic E-state index is 13.1. The van der Waals surface area contributed by atoms with Crippen LogP contribution in [-0.4, -0.2) is 64.1 Å². The van der Waals surface area contributed by atoms with E-state index in [-0.39, 0.29) is 30.5 Å². The zero-order valence-corrected chi connectivity index (χ0v) is 19.9. The van der Waals surface area contributed by atoms with Crippen LogP contribution < -0.4 is 0 Å². The summed E-state index contributed by atoms with van der Waals surface area (Å²) in [4.78, 5) is 21.7. The number of carbonyl (C=O) groups is 1. The number of hydrogen-bond acceptors (Lipinski definition) is 4. The fourth-order valence-corrected chi connectivity index (χ4v) is 6.00. The average Bonchev–Trinajstić information content (AvgIpc) is 3.37. The number of carbonyl (C=O) groups excluding carboxylic acids is 1. The normalized spacial score (nSPS) is 25.4. The molecule has 3 heterocycles. The van der Waals surface area contributed by atoms with Gasteiger partial charge in [-0.05, 0) is 61.6 Å². The van der Waals surface area contributed by atoms with Crippen molar-refractivity contribution in [3.63, 3.8) is 0 Å². The van der Waals surface area contributed by atoms with Gasteiger partial charge in [0, 0.05) is 55.0 Å². The maximum atomic E-state index is 13.1.